The molecule has 0 aliphatic carbocycles. The van der Waals surface area contributed by atoms with Crippen LogP contribution >= 0.6 is 0 Å². The lowest BCUT2D eigenvalue weighted by Crippen LogP contribution is -2.46. The van der Waals surface area contributed by atoms with E-state index in [0.717, 1.165) is 12.0 Å². The summed E-state index contributed by atoms with van der Waals surface area (Å²) in [4.78, 5) is 39.7. The van der Waals surface area contributed by atoms with Crippen LogP contribution in [-0.2, 0) is 14.4 Å². The predicted octanol–water partition coefficient (Wildman–Crippen LogP) is 1.33. The molecule has 1 N–H and O–H groups in total. The van der Waals surface area contributed by atoms with Crippen LogP contribution in [0, 0.1) is 0 Å². The molecule has 2 atom stereocenters. The van der Waals surface area contributed by atoms with Crippen LogP contribution in [0.15, 0.2) is 30.3 Å². The fourth-order valence-electron chi connectivity index (χ4n) is 3.09. The molecule has 130 valence electrons. The van der Waals surface area contributed by atoms with Crippen molar-refractivity contribution in [1.82, 2.24) is 15.1 Å². The second-order valence-corrected chi connectivity index (χ2v) is 6.35. The van der Waals surface area contributed by atoms with Crippen molar-refractivity contribution in [3.05, 3.63) is 35.9 Å². The smallest absolute Gasteiger partial charge is 0.244 e. The van der Waals surface area contributed by atoms with Crippen LogP contribution in [0.5, 0.6) is 0 Å². The molecule has 1 saturated heterocycles. The lowest BCUT2D eigenvalue weighted by Gasteiger charge is -2.28. The molecule has 6 nitrogen and oxygen atoms in total. The van der Waals surface area contributed by atoms with Crippen LogP contribution in [0.25, 0.3) is 0 Å². The molecule has 1 fully saturated rings. The van der Waals surface area contributed by atoms with E-state index < -0.39 is 0 Å². The molecule has 6 heteroatoms. The quantitative estimate of drug-likeness (QED) is 0.885. The summed E-state index contributed by atoms with van der Waals surface area (Å²) >= 11 is 0. The molecule has 3 amide bonds. The zero-order valence-electron chi connectivity index (χ0n) is 14.5. The summed E-state index contributed by atoms with van der Waals surface area (Å²) in [5.74, 6) is -0.328. The molecule has 2 rings (SSSR count). The second kappa shape index (κ2) is 7.95. The molecule has 0 radical (unpaired) electrons. The van der Waals surface area contributed by atoms with Crippen molar-refractivity contribution in [3.8, 4) is 0 Å². The normalized spacial score (nSPS) is 18.1. The highest BCUT2D eigenvalue weighted by atomic mass is 16.2. The first kappa shape index (κ1) is 18.0. The summed E-state index contributed by atoms with van der Waals surface area (Å²) in [7, 11) is 3.40. The van der Waals surface area contributed by atoms with E-state index >= 15 is 0 Å². The number of rotatable bonds is 5. The van der Waals surface area contributed by atoms with Crippen molar-refractivity contribution in [2.24, 2.45) is 0 Å². The SMILES string of the molecule is CC(=O)NC(CC(=O)N1CCCC1C(=O)N(C)C)c1ccccc1. The molecule has 1 aromatic rings. The van der Waals surface area contributed by atoms with Crippen LogP contribution in [0.3, 0.4) is 0 Å². The number of carbonyl (C=O) groups is 3. The van der Waals surface area contributed by atoms with Gasteiger partial charge in [0.25, 0.3) is 0 Å². The Labute approximate surface area is 142 Å². The minimum atomic E-state index is -0.388. The summed E-state index contributed by atoms with van der Waals surface area (Å²) in [6.45, 7) is 2.03. The third-order valence-electron chi connectivity index (χ3n) is 4.26. The molecule has 0 spiro atoms. The third kappa shape index (κ3) is 4.34. The van der Waals surface area contributed by atoms with Crippen molar-refractivity contribution < 1.29 is 14.4 Å². The van der Waals surface area contributed by atoms with Gasteiger partial charge in [0.05, 0.1) is 12.5 Å². The highest BCUT2D eigenvalue weighted by Crippen LogP contribution is 2.24. The summed E-state index contributed by atoms with van der Waals surface area (Å²) in [6.07, 6.45) is 1.67. The van der Waals surface area contributed by atoms with Crippen molar-refractivity contribution in [3.63, 3.8) is 0 Å². The van der Waals surface area contributed by atoms with Gasteiger partial charge in [-0.05, 0) is 18.4 Å². The van der Waals surface area contributed by atoms with Crippen molar-refractivity contribution in [2.45, 2.75) is 38.3 Å². The predicted molar refractivity (Wildman–Crippen MR) is 91.0 cm³/mol. The Hall–Kier alpha value is -2.37. The molecule has 1 heterocycles. The van der Waals surface area contributed by atoms with Gasteiger partial charge >= 0.3 is 0 Å². The zero-order valence-corrected chi connectivity index (χ0v) is 14.5. The number of benzene rings is 1. The molecule has 1 aliphatic rings. The first-order valence-corrected chi connectivity index (χ1v) is 8.23. The van der Waals surface area contributed by atoms with Crippen molar-refractivity contribution >= 4 is 17.7 Å². The van der Waals surface area contributed by atoms with Crippen LogP contribution in [-0.4, -0.2) is 54.2 Å². The second-order valence-electron chi connectivity index (χ2n) is 6.35. The number of nitrogens with zero attached hydrogens (tertiary/aromatic N) is 2. The summed E-state index contributed by atoms with van der Waals surface area (Å²) in [5.41, 5.74) is 0.885. The van der Waals surface area contributed by atoms with E-state index in [2.05, 4.69) is 5.32 Å². The van der Waals surface area contributed by atoms with Gasteiger partial charge in [0.2, 0.25) is 17.7 Å². The number of hydrogen-bond acceptors (Lipinski definition) is 3. The largest absolute Gasteiger partial charge is 0.349 e. The minimum Gasteiger partial charge on any atom is -0.349 e. The van der Waals surface area contributed by atoms with Gasteiger partial charge in [-0.15, -0.1) is 0 Å². The Balaban J connectivity index is 2.12. The lowest BCUT2D eigenvalue weighted by molar-refractivity contribution is -0.142. The molecule has 0 bridgehead atoms. The summed E-state index contributed by atoms with van der Waals surface area (Å²) < 4.78 is 0. The average Bonchev–Trinajstić information content (AvgIpc) is 3.03. The molecule has 1 aromatic carbocycles. The van der Waals surface area contributed by atoms with Gasteiger partial charge in [0.15, 0.2) is 0 Å². The van der Waals surface area contributed by atoms with E-state index in [4.69, 9.17) is 0 Å². The Kier molecular flexibility index (Phi) is 5.95. The molecule has 0 saturated carbocycles. The van der Waals surface area contributed by atoms with Crippen molar-refractivity contribution in [2.75, 3.05) is 20.6 Å². The standard InChI is InChI=1S/C18H25N3O3/c1-13(22)19-15(14-8-5-4-6-9-14)12-17(23)21-11-7-10-16(21)18(24)20(2)3/h4-6,8-9,15-16H,7,10-12H2,1-3H3,(H,19,22). The van der Waals surface area contributed by atoms with Crippen LogP contribution in [0.4, 0.5) is 0 Å². The number of likely N-dealkylation sites (N-methyl/N-ethyl adjacent to an activating group) is 1. The minimum absolute atomic E-state index is 0.0448. The Morgan fingerprint density at radius 1 is 1.25 bits per heavy atom. The van der Waals surface area contributed by atoms with Gasteiger partial charge in [0, 0.05) is 27.6 Å². The fraction of sp³-hybridized carbons (Fsp3) is 0.500. The van der Waals surface area contributed by atoms with Gasteiger partial charge in [-0.3, -0.25) is 14.4 Å². The highest BCUT2D eigenvalue weighted by Gasteiger charge is 2.35. The lowest BCUT2D eigenvalue weighted by atomic mass is 10.0. The molecular weight excluding hydrogens is 306 g/mol. The molecule has 24 heavy (non-hydrogen) atoms. The van der Waals surface area contributed by atoms with Gasteiger partial charge in [-0.1, -0.05) is 30.3 Å². The first-order valence-electron chi connectivity index (χ1n) is 8.23. The maximum Gasteiger partial charge on any atom is 0.244 e. The van der Waals surface area contributed by atoms with Crippen LogP contribution in [0.2, 0.25) is 0 Å². The first-order chi connectivity index (χ1) is 11.4. The number of amides is 3. The average molecular weight is 331 g/mol. The number of carbonyl (C=O) groups excluding carboxylic acids is 3. The zero-order chi connectivity index (χ0) is 17.7. The monoisotopic (exact) mass is 331 g/mol. The van der Waals surface area contributed by atoms with E-state index in [9.17, 15) is 14.4 Å². The summed E-state index contributed by atoms with van der Waals surface area (Å²) in [5, 5.41) is 2.84. The van der Waals surface area contributed by atoms with Crippen LogP contribution in [0.1, 0.15) is 37.8 Å². The maximum absolute atomic E-state index is 12.8. The van der Waals surface area contributed by atoms with E-state index in [-0.39, 0.29) is 36.2 Å². The van der Waals surface area contributed by atoms with Crippen molar-refractivity contribution in [1.29, 1.82) is 0 Å². The van der Waals surface area contributed by atoms with Gasteiger partial charge in [0.1, 0.15) is 6.04 Å². The molecule has 0 aromatic heterocycles. The third-order valence-corrected chi connectivity index (χ3v) is 4.26. The van der Waals surface area contributed by atoms with E-state index in [0.29, 0.717) is 13.0 Å². The van der Waals surface area contributed by atoms with Gasteiger partial charge < -0.3 is 15.1 Å². The maximum atomic E-state index is 12.8. The Morgan fingerprint density at radius 2 is 1.92 bits per heavy atom. The molecule has 2 unspecified atom stereocenters. The van der Waals surface area contributed by atoms with E-state index in [1.807, 2.05) is 30.3 Å². The van der Waals surface area contributed by atoms with Gasteiger partial charge in [-0.2, -0.15) is 0 Å². The number of likely N-dealkylation sites (tertiary alicyclic amines) is 1. The topological polar surface area (TPSA) is 69.7 Å². The van der Waals surface area contributed by atoms with Crippen LogP contribution < -0.4 is 5.32 Å². The Morgan fingerprint density at radius 3 is 2.50 bits per heavy atom. The number of hydrogen-bond donors (Lipinski definition) is 1. The van der Waals surface area contributed by atoms with E-state index in [1.54, 1.807) is 19.0 Å². The molecular formula is C18H25N3O3. The summed E-state index contributed by atoms with van der Waals surface area (Å²) in [6, 6.07) is 8.66. The highest BCUT2D eigenvalue weighted by molar-refractivity contribution is 5.88. The number of nitrogens with one attached hydrogen (secondary N) is 1. The Bertz CT molecular complexity index is 601. The fourth-order valence-corrected chi connectivity index (χ4v) is 3.09. The van der Waals surface area contributed by atoms with E-state index in [1.165, 1.54) is 11.8 Å². The molecule has 1 aliphatic heterocycles. The van der Waals surface area contributed by atoms with Gasteiger partial charge in [-0.25, -0.2) is 0 Å².